The molecule has 0 spiro atoms. The summed E-state index contributed by atoms with van der Waals surface area (Å²) >= 11 is 0. The first-order valence-corrected chi connectivity index (χ1v) is 7.89. The summed E-state index contributed by atoms with van der Waals surface area (Å²) in [5.41, 5.74) is 2.43. The number of carbonyl (C=O) groups is 2. The summed E-state index contributed by atoms with van der Waals surface area (Å²) in [6.07, 6.45) is 0. The number of nitrogens with one attached hydrogen (secondary N) is 2. The molecule has 0 atom stereocenters. The second-order valence-electron chi connectivity index (χ2n) is 5.34. The molecule has 2 amide bonds. The van der Waals surface area contributed by atoms with Gasteiger partial charge in [-0.05, 0) is 25.1 Å². The maximum Gasteiger partial charge on any atom is 0.294 e. The Morgan fingerprint density at radius 1 is 1.00 bits per heavy atom. The van der Waals surface area contributed by atoms with Crippen LogP contribution in [-0.4, -0.2) is 23.5 Å². The number of rotatable bonds is 5. The lowest BCUT2D eigenvalue weighted by molar-refractivity contribution is 0.0953. The Balaban J connectivity index is 1.74. The molecule has 3 rings (SSSR count). The third-order valence-electron chi connectivity index (χ3n) is 3.52. The maximum atomic E-state index is 12.3. The first-order valence-electron chi connectivity index (χ1n) is 7.89. The van der Waals surface area contributed by atoms with Crippen molar-refractivity contribution in [1.29, 1.82) is 0 Å². The molecular formula is C19H17N3O3. The molecule has 0 bridgehead atoms. The second-order valence-corrected chi connectivity index (χ2v) is 5.34. The van der Waals surface area contributed by atoms with Gasteiger partial charge in [0.25, 0.3) is 11.8 Å². The van der Waals surface area contributed by atoms with Crippen molar-refractivity contribution in [3.63, 3.8) is 0 Å². The van der Waals surface area contributed by atoms with Gasteiger partial charge in [0.05, 0.1) is 0 Å². The van der Waals surface area contributed by atoms with Gasteiger partial charge >= 0.3 is 0 Å². The fourth-order valence-corrected chi connectivity index (χ4v) is 2.32. The Bertz CT molecular complexity index is 888. The molecule has 0 saturated heterocycles. The van der Waals surface area contributed by atoms with E-state index < -0.39 is 5.91 Å². The molecule has 0 fully saturated rings. The summed E-state index contributed by atoms with van der Waals surface area (Å²) in [5, 5.41) is 9.34. The third kappa shape index (κ3) is 3.92. The summed E-state index contributed by atoms with van der Waals surface area (Å²) < 4.78 is 5.13. The maximum absolute atomic E-state index is 12.3. The summed E-state index contributed by atoms with van der Waals surface area (Å²) in [7, 11) is 0. The molecule has 3 aromatic rings. The van der Waals surface area contributed by atoms with E-state index in [-0.39, 0.29) is 11.7 Å². The van der Waals surface area contributed by atoms with Crippen LogP contribution in [0.25, 0.3) is 11.3 Å². The molecule has 126 valence electrons. The first kappa shape index (κ1) is 16.4. The van der Waals surface area contributed by atoms with Crippen molar-refractivity contribution < 1.29 is 14.1 Å². The second kappa shape index (κ2) is 7.44. The zero-order valence-electron chi connectivity index (χ0n) is 13.7. The number of benzene rings is 2. The highest BCUT2D eigenvalue weighted by molar-refractivity contribution is 6.03. The van der Waals surface area contributed by atoms with Crippen molar-refractivity contribution in [2.45, 2.75) is 6.92 Å². The van der Waals surface area contributed by atoms with Crippen molar-refractivity contribution in [3.8, 4) is 11.3 Å². The highest BCUT2D eigenvalue weighted by Gasteiger charge is 2.15. The quantitative estimate of drug-likeness (QED) is 0.749. The van der Waals surface area contributed by atoms with Crippen LogP contribution in [0.4, 0.5) is 5.69 Å². The molecule has 0 radical (unpaired) electrons. The van der Waals surface area contributed by atoms with Crippen molar-refractivity contribution in [2.24, 2.45) is 0 Å². The largest absolute Gasteiger partial charge is 0.352 e. The molecule has 0 aliphatic carbocycles. The van der Waals surface area contributed by atoms with E-state index in [1.54, 1.807) is 30.3 Å². The molecule has 25 heavy (non-hydrogen) atoms. The van der Waals surface area contributed by atoms with Gasteiger partial charge in [-0.2, -0.15) is 0 Å². The fourth-order valence-electron chi connectivity index (χ4n) is 2.32. The molecule has 6 heteroatoms. The topological polar surface area (TPSA) is 84.2 Å². The van der Waals surface area contributed by atoms with E-state index >= 15 is 0 Å². The van der Waals surface area contributed by atoms with Gasteiger partial charge in [0.15, 0.2) is 0 Å². The van der Waals surface area contributed by atoms with E-state index in [1.807, 2.05) is 37.3 Å². The lowest BCUT2D eigenvalue weighted by Gasteiger charge is -2.06. The Hall–Kier alpha value is -3.41. The van der Waals surface area contributed by atoms with Gasteiger partial charge in [-0.3, -0.25) is 9.59 Å². The molecule has 6 nitrogen and oxygen atoms in total. The number of aromatic nitrogens is 1. The molecule has 0 aliphatic heterocycles. The Morgan fingerprint density at radius 2 is 1.80 bits per heavy atom. The molecule has 2 aromatic carbocycles. The summed E-state index contributed by atoms with van der Waals surface area (Å²) in [6.45, 7) is 2.38. The van der Waals surface area contributed by atoms with Gasteiger partial charge in [0, 0.05) is 29.4 Å². The van der Waals surface area contributed by atoms with Crippen LogP contribution in [0.15, 0.2) is 65.2 Å². The minimum Gasteiger partial charge on any atom is -0.352 e. The molecule has 1 heterocycles. The van der Waals surface area contributed by atoms with E-state index in [2.05, 4.69) is 15.8 Å². The average molecular weight is 335 g/mol. The number of hydrogen-bond donors (Lipinski definition) is 2. The van der Waals surface area contributed by atoms with E-state index in [9.17, 15) is 9.59 Å². The highest BCUT2D eigenvalue weighted by atomic mass is 16.5. The van der Waals surface area contributed by atoms with E-state index in [0.717, 1.165) is 5.56 Å². The lowest BCUT2D eigenvalue weighted by Crippen LogP contribution is -2.22. The van der Waals surface area contributed by atoms with Crippen LogP contribution >= 0.6 is 0 Å². The van der Waals surface area contributed by atoms with Crippen LogP contribution < -0.4 is 10.6 Å². The Labute approximate surface area is 144 Å². The monoisotopic (exact) mass is 335 g/mol. The minimum atomic E-state index is -0.428. The van der Waals surface area contributed by atoms with E-state index in [1.165, 1.54) is 0 Å². The predicted molar refractivity (Wildman–Crippen MR) is 94.3 cm³/mol. The van der Waals surface area contributed by atoms with Gasteiger partial charge < -0.3 is 15.2 Å². The van der Waals surface area contributed by atoms with Crippen LogP contribution in [0.5, 0.6) is 0 Å². The van der Waals surface area contributed by atoms with Gasteiger partial charge in [-0.15, -0.1) is 0 Å². The van der Waals surface area contributed by atoms with E-state index in [4.69, 9.17) is 4.52 Å². The van der Waals surface area contributed by atoms with Gasteiger partial charge in [0.1, 0.15) is 5.69 Å². The van der Waals surface area contributed by atoms with Crippen LogP contribution in [-0.2, 0) is 0 Å². The summed E-state index contributed by atoms with van der Waals surface area (Å²) in [5.74, 6) is -0.519. The normalized spacial score (nSPS) is 10.3. The Morgan fingerprint density at radius 3 is 2.56 bits per heavy atom. The molecule has 0 saturated carbocycles. The predicted octanol–water partition coefficient (Wildman–Crippen LogP) is 3.34. The van der Waals surface area contributed by atoms with Gasteiger partial charge in [0.2, 0.25) is 5.76 Å². The summed E-state index contributed by atoms with van der Waals surface area (Å²) in [4.78, 5) is 24.2. The van der Waals surface area contributed by atoms with Crippen molar-refractivity contribution >= 4 is 17.5 Å². The number of nitrogens with zero attached hydrogens (tertiary/aromatic N) is 1. The lowest BCUT2D eigenvalue weighted by atomic mass is 10.1. The fraction of sp³-hybridized carbons (Fsp3) is 0.105. The van der Waals surface area contributed by atoms with Crippen molar-refractivity contribution in [2.75, 3.05) is 11.9 Å². The van der Waals surface area contributed by atoms with Crippen molar-refractivity contribution in [3.05, 3.63) is 72.0 Å². The van der Waals surface area contributed by atoms with Crippen LogP contribution in [0.3, 0.4) is 0 Å². The summed E-state index contributed by atoms with van der Waals surface area (Å²) in [6, 6.07) is 17.7. The van der Waals surface area contributed by atoms with Crippen LogP contribution in [0.2, 0.25) is 0 Å². The zero-order chi connectivity index (χ0) is 17.6. The van der Waals surface area contributed by atoms with Crippen LogP contribution in [0.1, 0.15) is 27.8 Å². The van der Waals surface area contributed by atoms with Crippen LogP contribution in [0, 0.1) is 0 Å². The first-order chi connectivity index (χ1) is 12.2. The highest BCUT2D eigenvalue weighted by Crippen LogP contribution is 2.19. The third-order valence-corrected chi connectivity index (χ3v) is 3.52. The zero-order valence-corrected chi connectivity index (χ0v) is 13.7. The molecule has 0 unspecified atom stereocenters. The van der Waals surface area contributed by atoms with Crippen molar-refractivity contribution in [1.82, 2.24) is 10.5 Å². The number of hydrogen-bond acceptors (Lipinski definition) is 4. The number of anilines is 1. The Kier molecular flexibility index (Phi) is 4.89. The molecule has 0 aliphatic rings. The van der Waals surface area contributed by atoms with Gasteiger partial charge in [-0.25, -0.2) is 0 Å². The molecular weight excluding hydrogens is 318 g/mol. The SMILES string of the molecule is CCNC(=O)c1cccc(NC(=O)c2cc(-c3ccccc3)no2)c1. The number of carbonyl (C=O) groups excluding carboxylic acids is 2. The van der Waals surface area contributed by atoms with E-state index in [0.29, 0.717) is 23.5 Å². The number of amides is 2. The average Bonchev–Trinajstić information content (AvgIpc) is 3.13. The molecule has 2 N–H and O–H groups in total. The smallest absolute Gasteiger partial charge is 0.294 e. The van der Waals surface area contributed by atoms with Gasteiger partial charge in [-0.1, -0.05) is 41.6 Å². The molecule has 1 aromatic heterocycles. The standard InChI is InChI=1S/C19H17N3O3/c1-2-20-18(23)14-9-6-10-15(11-14)21-19(24)17-12-16(22-25-17)13-7-4-3-5-8-13/h3-12H,2H2,1H3,(H,20,23)(H,21,24). The minimum absolute atomic E-state index is 0.0993.